The van der Waals surface area contributed by atoms with Crippen molar-refractivity contribution in [3.05, 3.63) is 88.6 Å². The molecule has 5 rings (SSSR count). The van der Waals surface area contributed by atoms with Crippen LogP contribution >= 0.6 is 0 Å². The van der Waals surface area contributed by atoms with Crippen LogP contribution in [0.3, 0.4) is 0 Å². The predicted molar refractivity (Wildman–Crippen MR) is 156 cm³/mol. The van der Waals surface area contributed by atoms with E-state index >= 15 is 0 Å². The third-order valence-electron chi connectivity index (χ3n) is 8.16. The summed E-state index contributed by atoms with van der Waals surface area (Å²) in [6.07, 6.45) is 4.85. The number of pyridine rings is 1. The molecule has 2 fully saturated rings. The number of rotatable bonds is 12. The molecule has 1 aliphatic carbocycles. The summed E-state index contributed by atoms with van der Waals surface area (Å²) < 4.78 is 16.8. The number of carbonyl (C=O) groups is 1. The van der Waals surface area contributed by atoms with E-state index in [-0.39, 0.29) is 17.7 Å². The summed E-state index contributed by atoms with van der Waals surface area (Å²) in [4.78, 5) is 20.5. The normalized spacial score (nSPS) is 18.8. The van der Waals surface area contributed by atoms with Gasteiger partial charge in [0.05, 0.1) is 12.5 Å². The Morgan fingerprint density at radius 1 is 1.02 bits per heavy atom. The molecule has 1 aliphatic heterocycles. The Balaban J connectivity index is 1.28. The molecule has 1 saturated heterocycles. The van der Waals surface area contributed by atoms with Gasteiger partial charge in [0.15, 0.2) is 0 Å². The molecule has 0 spiro atoms. The summed E-state index contributed by atoms with van der Waals surface area (Å²) in [6.45, 7) is 7.98. The van der Waals surface area contributed by atoms with Crippen LogP contribution < -0.4 is 14.8 Å². The van der Waals surface area contributed by atoms with Crippen LogP contribution in [0, 0.1) is 19.8 Å². The van der Waals surface area contributed by atoms with Crippen LogP contribution in [0.15, 0.2) is 60.8 Å². The molecule has 7 heteroatoms. The van der Waals surface area contributed by atoms with Crippen molar-refractivity contribution in [2.24, 2.45) is 5.92 Å². The monoisotopic (exact) mass is 543 g/mol. The molecular formula is C33H41N3O4. The third kappa shape index (κ3) is 7.01. The van der Waals surface area contributed by atoms with Gasteiger partial charge in [0.1, 0.15) is 19.0 Å². The molecule has 1 N–H and O–H groups in total. The van der Waals surface area contributed by atoms with E-state index < -0.39 is 0 Å². The highest BCUT2D eigenvalue weighted by Gasteiger charge is 2.40. The standard InChI is InChI=1S/C33H41N3O4/c1-23-6-4-8-27(24(23)2)21-36(28-10-11-28)33(37)31-20-34-14-13-30(31)26-7-5-9-29(19-26)40-22-25-12-15-35-32(18-25)39-17-16-38-3/h4-9,12,15,18-19,28,30-31,34H,10-11,13-14,16-17,20-22H2,1-3H3/t30-,31+/m1/s1. The fraction of sp³-hybridized carbons (Fsp3) is 0.455. The first kappa shape index (κ1) is 28.1. The van der Waals surface area contributed by atoms with Crippen molar-refractivity contribution in [2.75, 3.05) is 33.4 Å². The smallest absolute Gasteiger partial charge is 0.228 e. The van der Waals surface area contributed by atoms with Gasteiger partial charge in [-0.05, 0) is 91.6 Å². The highest BCUT2D eigenvalue weighted by atomic mass is 16.5. The van der Waals surface area contributed by atoms with Crippen LogP contribution in [0.4, 0.5) is 0 Å². The van der Waals surface area contributed by atoms with E-state index in [0.717, 1.165) is 42.7 Å². The van der Waals surface area contributed by atoms with Crippen molar-refractivity contribution in [3.8, 4) is 11.6 Å². The van der Waals surface area contributed by atoms with Crippen LogP contribution in [-0.4, -0.2) is 55.2 Å². The molecule has 0 unspecified atom stereocenters. The topological polar surface area (TPSA) is 72.9 Å². The van der Waals surface area contributed by atoms with Crippen LogP contribution in [0.1, 0.15) is 53.0 Å². The predicted octanol–water partition coefficient (Wildman–Crippen LogP) is 5.19. The zero-order chi connectivity index (χ0) is 27.9. The van der Waals surface area contributed by atoms with Gasteiger partial charge in [-0.15, -0.1) is 0 Å². The van der Waals surface area contributed by atoms with Gasteiger partial charge in [-0.3, -0.25) is 4.79 Å². The summed E-state index contributed by atoms with van der Waals surface area (Å²) >= 11 is 0. The number of carbonyl (C=O) groups excluding carboxylic acids is 1. The molecule has 212 valence electrons. The van der Waals surface area contributed by atoms with Gasteiger partial charge in [-0.1, -0.05) is 30.3 Å². The zero-order valence-electron chi connectivity index (χ0n) is 23.9. The second-order valence-corrected chi connectivity index (χ2v) is 11.0. The van der Waals surface area contributed by atoms with Crippen molar-refractivity contribution < 1.29 is 19.0 Å². The minimum Gasteiger partial charge on any atom is -0.489 e. The number of methoxy groups -OCH3 is 1. The molecule has 2 atom stereocenters. The Morgan fingerprint density at radius 3 is 2.70 bits per heavy atom. The molecule has 0 bridgehead atoms. The van der Waals surface area contributed by atoms with Gasteiger partial charge in [-0.25, -0.2) is 4.98 Å². The van der Waals surface area contributed by atoms with Gasteiger partial charge < -0.3 is 24.4 Å². The fourth-order valence-electron chi connectivity index (χ4n) is 5.52. The number of piperidine rings is 1. The molecule has 7 nitrogen and oxygen atoms in total. The summed E-state index contributed by atoms with van der Waals surface area (Å²) in [5.74, 6) is 1.68. The fourth-order valence-corrected chi connectivity index (χ4v) is 5.52. The Kier molecular flexibility index (Phi) is 9.34. The average Bonchev–Trinajstić information content (AvgIpc) is 3.83. The minimum absolute atomic E-state index is 0.0956. The number of amides is 1. The van der Waals surface area contributed by atoms with E-state index in [1.54, 1.807) is 13.3 Å². The first-order valence-corrected chi connectivity index (χ1v) is 14.4. The number of hydrogen-bond donors (Lipinski definition) is 1. The molecule has 2 aromatic carbocycles. The van der Waals surface area contributed by atoms with Gasteiger partial charge >= 0.3 is 0 Å². The summed E-state index contributed by atoms with van der Waals surface area (Å²) in [7, 11) is 1.65. The number of aromatic nitrogens is 1. The molecule has 1 amide bonds. The van der Waals surface area contributed by atoms with Crippen molar-refractivity contribution in [1.29, 1.82) is 0 Å². The maximum absolute atomic E-state index is 14.1. The summed E-state index contributed by atoms with van der Waals surface area (Å²) in [5.41, 5.74) is 5.95. The zero-order valence-corrected chi connectivity index (χ0v) is 23.9. The lowest BCUT2D eigenvalue weighted by Gasteiger charge is -2.36. The quantitative estimate of drug-likeness (QED) is 0.317. The second-order valence-electron chi connectivity index (χ2n) is 11.0. The molecule has 0 radical (unpaired) electrons. The Morgan fingerprint density at radius 2 is 1.88 bits per heavy atom. The SMILES string of the molecule is COCCOc1cc(COc2cccc([C@H]3CCNC[C@@H]3C(=O)N(Cc3cccc(C)c3C)C3CC3)c2)ccn1. The van der Waals surface area contributed by atoms with Crippen molar-refractivity contribution in [1.82, 2.24) is 15.2 Å². The number of nitrogens with zero attached hydrogens (tertiary/aromatic N) is 2. The lowest BCUT2D eigenvalue weighted by atomic mass is 9.80. The largest absolute Gasteiger partial charge is 0.489 e. The minimum atomic E-state index is -0.0956. The molecule has 2 heterocycles. The van der Waals surface area contributed by atoms with Crippen molar-refractivity contribution in [2.45, 2.75) is 58.2 Å². The van der Waals surface area contributed by atoms with E-state index in [0.29, 0.717) is 44.8 Å². The van der Waals surface area contributed by atoms with E-state index in [1.807, 2.05) is 24.3 Å². The first-order chi connectivity index (χ1) is 19.5. The Hall–Kier alpha value is -3.42. The lowest BCUT2D eigenvalue weighted by Crippen LogP contribution is -2.47. The van der Waals surface area contributed by atoms with Crippen LogP contribution in [0.2, 0.25) is 0 Å². The van der Waals surface area contributed by atoms with Gasteiger partial charge in [-0.2, -0.15) is 0 Å². The molecule has 40 heavy (non-hydrogen) atoms. The molecule has 1 aromatic heterocycles. The van der Waals surface area contributed by atoms with Crippen LogP contribution in [-0.2, 0) is 22.7 Å². The maximum Gasteiger partial charge on any atom is 0.228 e. The number of hydrogen-bond acceptors (Lipinski definition) is 6. The maximum atomic E-state index is 14.1. The number of ether oxygens (including phenoxy) is 3. The molecule has 3 aromatic rings. The first-order valence-electron chi connectivity index (χ1n) is 14.4. The molecular weight excluding hydrogens is 502 g/mol. The van der Waals surface area contributed by atoms with E-state index in [9.17, 15) is 4.79 Å². The van der Waals surface area contributed by atoms with Crippen molar-refractivity contribution in [3.63, 3.8) is 0 Å². The van der Waals surface area contributed by atoms with Gasteiger partial charge in [0.25, 0.3) is 0 Å². The Labute approximate surface area is 237 Å². The molecule has 2 aliphatic rings. The van der Waals surface area contributed by atoms with Crippen LogP contribution in [0.25, 0.3) is 0 Å². The summed E-state index contributed by atoms with van der Waals surface area (Å²) in [5, 5.41) is 3.49. The van der Waals surface area contributed by atoms with E-state index in [2.05, 4.69) is 59.4 Å². The number of benzene rings is 2. The average molecular weight is 544 g/mol. The molecule has 1 saturated carbocycles. The summed E-state index contributed by atoms with van der Waals surface area (Å²) in [6, 6.07) is 18.9. The van der Waals surface area contributed by atoms with E-state index in [1.165, 1.54) is 16.7 Å². The lowest BCUT2D eigenvalue weighted by molar-refractivity contribution is -0.138. The third-order valence-corrected chi connectivity index (χ3v) is 8.16. The van der Waals surface area contributed by atoms with E-state index in [4.69, 9.17) is 14.2 Å². The number of aryl methyl sites for hydroxylation is 1. The highest BCUT2D eigenvalue weighted by molar-refractivity contribution is 5.81. The van der Waals surface area contributed by atoms with Crippen molar-refractivity contribution >= 4 is 5.91 Å². The highest BCUT2D eigenvalue weighted by Crippen LogP contribution is 2.37. The van der Waals surface area contributed by atoms with Gasteiger partial charge in [0.2, 0.25) is 11.8 Å². The number of nitrogens with one attached hydrogen (secondary N) is 1. The second kappa shape index (κ2) is 13.3. The van der Waals surface area contributed by atoms with Gasteiger partial charge in [0, 0.05) is 38.5 Å². The van der Waals surface area contributed by atoms with Crippen LogP contribution in [0.5, 0.6) is 11.6 Å². The Bertz CT molecular complexity index is 1290.